The number of nitrogens with one attached hydrogen (secondary N) is 1. The predicted molar refractivity (Wildman–Crippen MR) is 95.4 cm³/mol. The van der Waals surface area contributed by atoms with Crippen LogP contribution in [0.25, 0.3) is 0 Å². The van der Waals surface area contributed by atoms with Gasteiger partial charge in [0.15, 0.2) is 0 Å². The zero-order valence-corrected chi connectivity index (χ0v) is 16.0. The quantitative estimate of drug-likeness (QED) is 0.771. The number of rotatable bonds is 5. The average molecular weight is 397 g/mol. The number of piperidine rings is 1. The van der Waals surface area contributed by atoms with Crippen LogP contribution < -0.4 is 5.32 Å². The molecule has 6 nitrogen and oxygen atoms in total. The summed E-state index contributed by atoms with van der Waals surface area (Å²) in [6.07, 6.45) is 1.81. The van der Waals surface area contributed by atoms with Crippen LogP contribution in [0.1, 0.15) is 23.2 Å². The monoisotopic (exact) mass is 396 g/mol. The Hall–Kier alpha value is -0.860. The van der Waals surface area contributed by atoms with E-state index in [0.717, 1.165) is 19.4 Å². The first-order valence-electron chi connectivity index (χ1n) is 7.42. The van der Waals surface area contributed by atoms with Crippen LogP contribution >= 0.6 is 24.0 Å². The number of ether oxygens (including phenoxy) is 1. The second-order valence-electron chi connectivity index (χ2n) is 5.60. The minimum absolute atomic E-state index is 0. The number of carbonyl (C=O) groups excluding carboxylic acids is 1. The van der Waals surface area contributed by atoms with Gasteiger partial charge in [-0.1, -0.05) is 11.6 Å². The molecule has 0 aromatic heterocycles. The van der Waals surface area contributed by atoms with Gasteiger partial charge < -0.3 is 10.1 Å². The lowest BCUT2D eigenvalue weighted by molar-refractivity contribution is 0.0600. The van der Waals surface area contributed by atoms with Gasteiger partial charge in [-0.05, 0) is 50.6 Å². The Balaban J connectivity index is 0.00000288. The van der Waals surface area contributed by atoms with Gasteiger partial charge in [0, 0.05) is 18.1 Å². The van der Waals surface area contributed by atoms with Crippen molar-refractivity contribution in [2.75, 3.05) is 33.8 Å². The van der Waals surface area contributed by atoms with Gasteiger partial charge in [0.2, 0.25) is 10.0 Å². The van der Waals surface area contributed by atoms with Crippen LogP contribution in [0, 0.1) is 5.92 Å². The zero-order chi connectivity index (χ0) is 17.0. The number of nitrogens with zero attached hydrogens (tertiary/aromatic N) is 1. The normalized spacial score (nSPS) is 18.7. The highest BCUT2D eigenvalue weighted by molar-refractivity contribution is 7.89. The maximum absolute atomic E-state index is 12.8. The number of methoxy groups -OCH3 is 1. The van der Waals surface area contributed by atoms with Gasteiger partial charge in [-0.15, -0.1) is 12.4 Å². The van der Waals surface area contributed by atoms with Crippen molar-refractivity contribution in [1.29, 1.82) is 0 Å². The SMILES string of the molecule is CNCC1CCCN(S(=O)(=O)c2cc(Cl)cc(C(=O)OC)c2)C1.Cl. The van der Waals surface area contributed by atoms with Crippen molar-refractivity contribution < 1.29 is 17.9 Å². The van der Waals surface area contributed by atoms with Gasteiger partial charge in [-0.2, -0.15) is 4.31 Å². The number of esters is 1. The fourth-order valence-corrected chi connectivity index (χ4v) is 4.72. The molecule has 1 aliphatic rings. The number of benzene rings is 1. The zero-order valence-electron chi connectivity index (χ0n) is 13.6. The molecule has 1 atom stereocenters. The van der Waals surface area contributed by atoms with Gasteiger partial charge in [0.1, 0.15) is 0 Å². The van der Waals surface area contributed by atoms with Crippen molar-refractivity contribution in [3.05, 3.63) is 28.8 Å². The Morgan fingerprint density at radius 1 is 1.42 bits per heavy atom. The van der Waals surface area contributed by atoms with Crippen molar-refractivity contribution in [3.63, 3.8) is 0 Å². The highest BCUT2D eigenvalue weighted by atomic mass is 35.5. The molecular formula is C15H22Cl2N2O4S. The maximum Gasteiger partial charge on any atom is 0.337 e. The third kappa shape index (κ3) is 4.83. The average Bonchev–Trinajstić information content (AvgIpc) is 2.54. The summed E-state index contributed by atoms with van der Waals surface area (Å²) in [6, 6.07) is 4.08. The van der Waals surface area contributed by atoms with E-state index in [9.17, 15) is 13.2 Å². The highest BCUT2D eigenvalue weighted by Gasteiger charge is 2.30. The number of carbonyl (C=O) groups is 1. The molecule has 1 heterocycles. The smallest absolute Gasteiger partial charge is 0.337 e. The van der Waals surface area contributed by atoms with Gasteiger partial charge in [-0.25, -0.2) is 13.2 Å². The molecule has 1 aliphatic heterocycles. The summed E-state index contributed by atoms with van der Waals surface area (Å²) in [5, 5.41) is 3.28. The Morgan fingerprint density at radius 3 is 2.75 bits per heavy atom. The van der Waals surface area contributed by atoms with Crippen molar-refractivity contribution in [2.45, 2.75) is 17.7 Å². The van der Waals surface area contributed by atoms with E-state index < -0.39 is 16.0 Å². The Morgan fingerprint density at radius 2 is 2.12 bits per heavy atom. The van der Waals surface area contributed by atoms with E-state index in [1.165, 1.54) is 29.6 Å². The standard InChI is InChI=1S/C15H21ClN2O4S.ClH/c1-17-9-11-4-3-5-18(10-11)23(20,21)14-7-12(15(19)22-2)6-13(16)8-14;/h6-8,11,17H,3-5,9-10H2,1-2H3;1H. The first-order valence-corrected chi connectivity index (χ1v) is 9.24. The van der Waals surface area contributed by atoms with Crippen LogP contribution in [0.15, 0.2) is 23.1 Å². The summed E-state index contributed by atoms with van der Waals surface area (Å²) in [5.74, 6) is -0.335. The molecule has 0 bridgehead atoms. The predicted octanol–water partition coefficient (Wildman–Crippen LogP) is 2.17. The molecular weight excluding hydrogens is 375 g/mol. The Bertz CT molecular complexity index is 680. The topological polar surface area (TPSA) is 75.7 Å². The minimum atomic E-state index is -3.69. The van der Waals surface area contributed by atoms with Gasteiger partial charge in [0.05, 0.1) is 17.6 Å². The summed E-state index contributed by atoms with van der Waals surface area (Å²) in [7, 11) is -0.592. The van der Waals surface area contributed by atoms with Crippen LogP contribution in [-0.2, 0) is 14.8 Å². The molecule has 1 fully saturated rings. The molecule has 0 saturated carbocycles. The minimum Gasteiger partial charge on any atom is -0.465 e. The van der Waals surface area contributed by atoms with E-state index in [-0.39, 0.29) is 33.8 Å². The van der Waals surface area contributed by atoms with Gasteiger partial charge in [-0.3, -0.25) is 0 Å². The van der Waals surface area contributed by atoms with E-state index in [1.54, 1.807) is 0 Å². The second kappa shape index (κ2) is 9.01. The summed E-state index contributed by atoms with van der Waals surface area (Å²) < 4.78 is 31.8. The largest absolute Gasteiger partial charge is 0.465 e. The maximum atomic E-state index is 12.8. The second-order valence-corrected chi connectivity index (χ2v) is 7.97. The number of sulfonamides is 1. The third-order valence-corrected chi connectivity index (χ3v) is 5.97. The summed E-state index contributed by atoms with van der Waals surface area (Å²) in [5.41, 5.74) is 0.127. The Labute approximate surface area is 154 Å². The molecule has 136 valence electrons. The summed E-state index contributed by atoms with van der Waals surface area (Å²) in [6.45, 7) is 1.71. The van der Waals surface area contributed by atoms with Crippen molar-refractivity contribution >= 4 is 40.0 Å². The van der Waals surface area contributed by atoms with Gasteiger partial charge >= 0.3 is 5.97 Å². The van der Waals surface area contributed by atoms with E-state index in [4.69, 9.17) is 11.6 Å². The van der Waals surface area contributed by atoms with Crippen molar-refractivity contribution in [3.8, 4) is 0 Å². The highest BCUT2D eigenvalue weighted by Crippen LogP contribution is 2.26. The lowest BCUT2D eigenvalue weighted by Gasteiger charge is -2.32. The van der Waals surface area contributed by atoms with Gasteiger partial charge in [0.25, 0.3) is 0 Å². The molecule has 1 aromatic rings. The lowest BCUT2D eigenvalue weighted by atomic mass is 10.00. The lowest BCUT2D eigenvalue weighted by Crippen LogP contribution is -2.42. The van der Waals surface area contributed by atoms with E-state index >= 15 is 0 Å². The first-order chi connectivity index (χ1) is 10.9. The fraction of sp³-hybridized carbons (Fsp3) is 0.533. The molecule has 1 unspecified atom stereocenters. The molecule has 2 rings (SSSR count). The summed E-state index contributed by atoms with van der Waals surface area (Å²) in [4.78, 5) is 11.7. The van der Waals surface area contributed by atoms with Crippen LogP contribution in [0.2, 0.25) is 5.02 Å². The van der Waals surface area contributed by atoms with Crippen molar-refractivity contribution in [1.82, 2.24) is 9.62 Å². The summed E-state index contributed by atoms with van der Waals surface area (Å²) >= 11 is 5.97. The molecule has 0 spiro atoms. The van der Waals surface area contributed by atoms with E-state index in [2.05, 4.69) is 10.1 Å². The molecule has 0 aliphatic carbocycles. The van der Waals surface area contributed by atoms with Crippen LogP contribution in [0.4, 0.5) is 0 Å². The molecule has 1 saturated heterocycles. The molecule has 0 amide bonds. The molecule has 9 heteroatoms. The molecule has 1 aromatic carbocycles. The number of hydrogen-bond acceptors (Lipinski definition) is 5. The Kier molecular flexibility index (Phi) is 7.95. The van der Waals surface area contributed by atoms with E-state index in [0.29, 0.717) is 13.1 Å². The molecule has 24 heavy (non-hydrogen) atoms. The molecule has 0 radical (unpaired) electrons. The van der Waals surface area contributed by atoms with Crippen LogP contribution in [0.3, 0.4) is 0 Å². The third-order valence-electron chi connectivity index (χ3n) is 3.90. The van der Waals surface area contributed by atoms with Crippen LogP contribution in [0.5, 0.6) is 0 Å². The number of halogens is 2. The number of hydrogen-bond donors (Lipinski definition) is 1. The fourth-order valence-electron chi connectivity index (χ4n) is 2.80. The first kappa shape index (κ1) is 21.2. The van der Waals surface area contributed by atoms with Crippen molar-refractivity contribution in [2.24, 2.45) is 5.92 Å². The van der Waals surface area contributed by atoms with Crippen LogP contribution in [-0.4, -0.2) is 52.5 Å². The van der Waals surface area contributed by atoms with E-state index in [1.807, 2.05) is 7.05 Å². The molecule has 1 N–H and O–H groups in total.